The van der Waals surface area contributed by atoms with Gasteiger partial charge in [0, 0.05) is 17.6 Å². The van der Waals surface area contributed by atoms with E-state index in [-0.39, 0.29) is 10.9 Å². The molecule has 0 aliphatic carbocycles. The topological polar surface area (TPSA) is 74.8 Å². The number of sulfonamides is 1. The number of rotatable bonds is 6. The summed E-state index contributed by atoms with van der Waals surface area (Å²) in [4.78, 5) is 0.174. The van der Waals surface area contributed by atoms with E-state index in [4.69, 9.17) is 0 Å². The molecule has 1 atom stereocenters. The first kappa shape index (κ1) is 12.7. The standard InChI is InChI=1S/C8H14BrN3O2S/c1-7(3-2-4-9)12-15(13,14)8-5-10-11-6-8/h5-7,12H,2-4H2,1H3,(H,10,11). The molecule has 1 heterocycles. The van der Waals surface area contributed by atoms with Crippen molar-refractivity contribution < 1.29 is 8.42 Å². The van der Waals surface area contributed by atoms with Gasteiger partial charge in [0.05, 0.1) is 6.20 Å². The molecule has 0 bridgehead atoms. The zero-order chi connectivity index (χ0) is 11.3. The monoisotopic (exact) mass is 295 g/mol. The van der Waals surface area contributed by atoms with Crippen molar-refractivity contribution in [2.75, 3.05) is 5.33 Å². The summed E-state index contributed by atoms with van der Waals surface area (Å²) in [6.45, 7) is 1.85. The van der Waals surface area contributed by atoms with Crippen LogP contribution in [0.1, 0.15) is 19.8 Å². The largest absolute Gasteiger partial charge is 0.284 e. The van der Waals surface area contributed by atoms with Gasteiger partial charge in [-0.3, -0.25) is 5.10 Å². The molecular weight excluding hydrogens is 282 g/mol. The predicted molar refractivity (Wildman–Crippen MR) is 61.4 cm³/mol. The molecule has 0 amide bonds. The lowest BCUT2D eigenvalue weighted by Crippen LogP contribution is -2.32. The number of nitrogens with one attached hydrogen (secondary N) is 2. The summed E-state index contributed by atoms with van der Waals surface area (Å²) < 4.78 is 26.0. The van der Waals surface area contributed by atoms with Crippen LogP contribution in [-0.2, 0) is 10.0 Å². The lowest BCUT2D eigenvalue weighted by Gasteiger charge is -2.12. The number of halogens is 1. The predicted octanol–water partition coefficient (Wildman–Crippen LogP) is 1.25. The van der Waals surface area contributed by atoms with Crippen molar-refractivity contribution >= 4 is 26.0 Å². The molecule has 0 saturated carbocycles. The summed E-state index contributed by atoms with van der Waals surface area (Å²) in [5.41, 5.74) is 0. The number of H-pyrrole nitrogens is 1. The van der Waals surface area contributed by atoms with E-state index in [1.165, 1.54) is 12.4 Å². The van der Waals surface area contributed by atoms with Gasteiger partial charge >= 0.3 is 0 Å². The number of aromatic amines is 1. The fourth-order valence-electron chi connectivity index (χ4n) is 1.16. The summed E-state index contributed by atoms with van der Waals surface area (Å²) in [5, 5.41) is 6.96. The molecule has 0 aliphatic rings. The molecule has 15 heavy (non-hydrogen) atoms. The maximum Gasteiger partial charge on any atom is 0.243 e. The second-order valence-corrected chi connectivity index (χ2v) is 5.79. The molecule has 0 aromatic carbocycles. The van der Waals surface area contributed by atoms with Crippen molar-refractivity contribution in [1.82, 2.24) is 14.9 Å². The molecule has 1 aromatic heterocycles. The average molecular weight is 296 g/mol. The Morgan fingerprint density at radius 3 is 2.93 bits per heavy atom. The number of aromatic nitrogens is 2. The van der Waals surface area contributed by atoms with Gasteiger partial charge in [0.25, 0.3) is 0 Å². The summed E-state index contributed by atoms with van der Waals surface area (Å²) in [6, 6.07) is -0.0672. The molecule has 0 saturated heterocycles. The van der Waals surface area contributed by atoms with E-state index in [0.29, 0.717) is 0 Å². The Morgan fingerprint density at radius 2 is 2.40 bits per heavy atom. The van der Waals surface area contributed by atoms with Crippen LogP contribution in [0.15, 0.2) is 17.3 Å². The molecule has 0 radical (unpaired) electrons. The first-order chi connectivity index (χ1) is 7.06. The maximum absolute atomic E-state index is 11.7. The minimum Gasteiger partial charge on any atom is -0.284 e. The Kier molecular flexibility index (Phi) is 4.75. The Labute approximate surface area is 97.8 Å². The summed E-state index contributed by atoms with van der Waals surface area (Å²) in [6.07, 6.45) is 4.40. The second kappa shape index (κ2) is 5.62. The van der Waals surface area contributed by atoms with Crippen LogP contribution in [0.2, 0.25) is 0 Å². The third kappa shape index (κ3) is 3.92. The van der Waals surface area contributed by atoms with Crippen LogP contribution >= 0.6 is 15.9 Å². The van der Waals surface area contributed by atoms with Gasteiger partial charge in [-0.1, -0.05) is 15.9 Å². The van der Waals surface area contributed by atoms with Crippen LogP contribution < -0.4 is 4.72 Å². The summed E-state index contributed by atoms with van der Waals surface area (Å²) >= 11 is 3.30. The van der Waals surface area contributed by atoms with Crippen LogP contribution in [0.5, 0.6) is 0 Å². The third-order valence-electron chi connectivity index (χ3n) is 1.91. The minimum absolute atomic E-state index is 0.0672. The van der Waals surface area contributed by atoms with E-state index >= 15 is 0 Å². The molecule has 86 valence electrons. The lowest BCUT2D eigenvalue weighted by molar-refractivity contribution is 0.545. The molecule has 0 fully saturated rings. The van der Waals surface area contributed by atoms with Crippen molar-refractivity contribution in [1.29, 1.82) is 0 Å². The fourth-order valence-corrected chi connectivity index (χ4v) is 2.67. The van der Waals surface area contributed by atoms with Gasteiger partial charge in [0.1, 0.15) is 4.90 Å². The number of nitrogens with zero attached hydrogens (tertiary/aromatic N) is 1. The van der Waals surface area contributed by atoms with E-state index in [1.807, 2.05) is 6.92 Å². The first-order valence-corrected chi connectivity index (χ1v) is 7.24. The molecule has 1 unspecified atom stereocenters. The van der Waals surface area contributed by atoms with Crippen LogP contribution in [0.3, 0.4) is 0 Å². The van der Waals surface area contributed by atoms with Crippen molar-refractivity contribution in [3.8, 4) is 0 Å². The zero-order valence-electron chi connectivity index (χ0n) is 8.40. The van der Waals surface area contributed by atoms with Gasteiger partial charge < -0.3 is 0 Å². The SMILES string of the molecule is CC(CCCBr)NS(=O)(=O)c1cn[nH]c1. The molecular formula is C8H14BrN3O2S. The van der Waals surface area contributed by atoms with Crippen molar-refractivity contribution in [2.24, 2.45) is 0 Å². The molecule has 1 aromatic rings. The Bertz CT molecular complexity index is 377. The van der Waals surface area contributed by atoms with E-state index < -0.39 is 10.0 Å². The number of hydrogen-bond acceptors (Lipinski definition) is 3. The highest BCUT2D eigenvalue weighted by Gasteiger charge is 2.17. The van der Waals surface area contributed by atoms with Crippen molar-refractivity contribution in [3.63, 3.8) is 0 Å². The van der Waals surface area contributed by atoms with Crippen LogP contribution in [0.4, 0.5) is 0 Å². The van der Waals surface area contributed by atoms with E-state index in [0.717, 1.165) is 18.2 Å². The smallest absolute Gasteiger partial charge is 0.243 e. The van der Waals surface area contributed by atoms with E-state index in [2.05, 4.69) is 30.8 Å². The number of alkyl halides is 1. The van der Waals surface area contributed by atoms with E-state index in [9.17, 15) is 8.42 Å². The molecule has 0 aliphatic heterocycles. The number of hydrogen-bond donors (Lipinski definition) is 2. The highest BCUT2D eigenvalue weighted by atomic mass is 79.9. The van der Waals surface area contributed by atoms with Gasteiger partial charge in [-0.15, -0.1) is 0 Å². The van der Waals surface area contributed by atoms with Gasteiger partial charge in [0.15, 0.2) is 0 Å². The molecule has 1 rings (SSSR count). The van der Waals surface area contributed by atoms with Gasteiger partial charge in [-0.05, 0) is 19.8 Å². The van der Waals surface area contributed by atoms with Crippen LogP contribution in [0.25, 0.3) is 0 Å². The highest BCUT2D eigenvalue weighted by molar-refractivity contribution is 9.09. The van der Waals surface area contributed by atoms with Crippen molar-refractivity contribution in [2.45, 2.75) is 30.7 Å². The van der Waals surface area contributed by atoms with Gasteiger partial charge in [-0.2, -0.15) is 5.10 Å². The Morgan fingerprint density at radius 1 is 1.67 bits per heavy atom. The molecule has 5 nitrogen and oxygen atoms in total. The maximum atomic E-state index is 11.7. The highest BCUT2D eigenvalue weighted by Crippen LogP contribution is 2.07. The Balaban J connectivity index is 2.57. The molecule has 0 spiro atoms. The summed E-state index contributed by atoms with van der Waals surface area (Å²) in [5.74, 6) is 0. The average Bonchev–Trinajstić information content (AvgIpc) is 2.67. The van der Waals surface area contributed by atoms with Gasteiger partial charge in [0.2, 0.25) is 10.0 Å². The lowest BCUT2D eigenvalue weighted by atomic mass is 10.2. The minimum atomic E-state index is -3.41. The van der Waals surface area contributed by atoms with Crippen LogP contribution in [0, 0.1) is 0 Å². The Hall–Kier alpha value is -0.400. The summed E-state index contributed by atoms with van der Waals surface area (Å²) in [7, 11) is -3.41. The van der Waals surface area contributed by atoms with Gasteiger partial charge in [-0.25, -0.2) is 13.1 Å². The van der Waals surface area contributed by atoms with E-state index in [1.54, 1.807) is 0 Å². The normalized spacial score (nSPS) is 14.0. The fraction of sp³-hybridized carbons (Fsp3) is 0.625. The zero-order valence-corrected chi connectivity index (χ0v) is 10.8. The third-order valence-corrected chi connectivity index (χ3v) is 4.03. The molecule has 7 heteroatoms. The molecule has 2 N–H and O–H groups in total. The second-order valence-electron chi connectivity index (χ2n) is 3.29. The van der Waals surface area contributed by atoms with Crippen LogP contribution in [-0.4, -0.2) is 30.0 Å². The quantitative estimate of drug-likeness (QED) is 0.776. The van der Waals surface area contributed by atoms with Crippen molar-refractivity contribution in [3.05, 3.63) is 12.4 Å². The first-order valence-electron chi connectivity index (χ1n) is 4.63.